The van der Waals surface area contributed by atoms with E-state index in [9.17, 15) is 9.59 Å². The minimum atomic E-state index is -0.678. The van der Waals surface area contributed by atoms with Crippen LogP contribution in [0, 0.1) is 0 Å². The highest BCUT2D eigenvalue weighted by molar-refractivity contribution is 5.89. The van der Waals surface area contributed by atoms with E-state index in [1.807, 2.05) is 30.3 Å². The maximum absolute atomic E-state index is 11.3. The van der Waals surface area contributed by atoms with Crippen molar-refractivity contribution in [3.63, 3.8) is 0 Å². The Kier molecular flexibility index (Phi) is 3.24. The van der Waals surface area contributed by atoms with Crippen molar-refractivity contribution in [3.05, 3.63) is 35.9 Å². The van der Waals surface area contributed by atoms with Gasteiger partial charge in [-0.2, -0.15) is 0 Å². The zero-order chi connectivity index (χ0) is 12.3. The summed E-state index contributed by atoms with van der Waals surface area (Å²) in [6.45, 7) is 0.246. The maximum Gasteiger partial charge on any atom is 0.408 e. The number of hydrogen-bond acceptors (Lipinski definition) is 4. The predicted octanol–water partition coefficient (Wildman–Crippen LogP) is 0.513. The van der Waals surface area contributed by atoms with Gasteiger partial charge in [-0.25, -0.2) is 9.86 Å². The number of hydrogen-bond donors (Lipinski definition) is 2. The molecule has 0 radical (unpaired) electrons. The van der Waals surface area contributed by atoms with Gasteiger partial charge in [0.15, 0.2) is 0 Å². The summed E-state index contributed by atoms with van der Waals surface area (Å²) in [7, 11) is 0. The third kappa shape index (κ3) is 2.73. The van der Waals surface area contributed by atoms with Crippen molar-refractivity contribution < 1.29 is 19.5 Å². The van der Waals surface area contributed by atoms with Gasteiger partial charge in [-0.1, -0.05) is 30.3 Å². The van der Waals surface area contributed by atoms with Crippen LogP contribution in [0.2, 0.25) is 0 Å². The van der Waals surface area contributed by atoms with E-state index in [4.69, 9.17) is 9.94 Å². The molecule has 1 aliphatic heterocycles. The molecular weight excluding hydrogens is 224 g/mol. The first-order valence-corrected chi connectivity index (χ1v) is 5.14. The highest BCUT2D eigenvalue weighted by atomic mass is 16.6. The van der Waals surface area contributed by atoms with Crippen LogP contribution in [0.3, 0.4) is 0 Å². The standard InChI is InChI=1S/C11H12N2O4/c14-10-9(6-13(10)16)12-11(15)17-7-8-4-2-1-3-5-8/h1-5,9,16H,6-7H2,(H,12,15). The number of benzene rings is 1. The largest absolute Gasteiger partial charge is 0.445 e. The average Bonchev–Trinajstić information content (AvgIpc) is 2.37. The Morgan fingerprint density at radius 2 is 2.18 bits per heavy atom. The lowest BCUT2D eigenvalue weighted by molar-refractivity contribution is -0.190. The first kappa shape index (κ1) is 11.4. The van der Waals surface area contributed by atoms with Crippen molar-refractivity contribution in [2.24, 2.45) is 0 Å². The molecule has 2 N–H and O–H groups in total. The molecule has 0 bridgehead atoms. The van der Waals surface area contributed by atoms with Crippen molar-refractivity contribution >= 4 is 12.0 Å². The van der Waals surface area contributed by atoms with Crippen LogP contribution in [0.25, 0.3) is 0 Å². The molecule has 1 fully saturated rings. The Morgan fingerprint density at radius 1 is 1.47 bits per heavy atom. The number of ether oxygens (including phenoxy) is 1. The van der Waals surface area contributed by atoms with Crippen LogP contribution in [-0.2, 0) is 16.1 Å². The van der Waals surface area contributed by atoms with E-state index in [1.54, 1.807) is 0 Å². The lowest BCUT2D eigenvalue weighted by Gasteiger charge is -2.32. The topological polar surface area (TPSA) is 78.9 Å². The van der Waals surface area contributed by atoms with Gasteiger partial charge in [0.2, 0.25) is 0 Å². The molecule has 2 amide bonds. The fourth-order valence-electron chi connectivity index (χ4n) is 1.42. The molecule has 1 aromatic carbocycles. The first-order chi connectivity index (χ1) is 8.16. The first-order valence-electron chi connectivity index (χ1n) is 5.14. The molecule has 2 rings (SSSR count). The van der Waals surface area contributed by atoms with E-state index >= 15 is 0 Å². The number of amides is 2. The summed E-state index contributed by atoms with van der Waals surface area (Å²) in [6.07, 6.45) is -0.666. The Labute approximate surface area is 97.7 Å². The molecule has 6 nitrogen and oxygen atoms in total. The van der Waals surface area contributed by atoms with E-state index in [1.165, 1.54) is 0 Å². The molecule has 1 unspecified atom stereocenters. The number of nitrogens with zero attached hydrogens (tertiary/aromatic N) is 1. The molecule has 1 heterocycles. The van der Waals surface area contributed by atoms with Gasteiger partial charge >= 0.3 is 6.09 Å². The molecule has 17 heavy (non-hydrogen) atoms. The van der Waals surface area contributed by atoms with Crippen molar-refractivity contribution in [1.82, 2.24) is 10.4 Å². The molecule has 1 atom stereocenters. The van der Waals surface area contributed by atoms with Crippen molar-refractivity contribution in [1.29, 1.82) is 0 Å². The van der Waals surface area contributed by atoms with Crippen LogP contribution in [0.15, 0.2) is 30.3 Å². The van der Waals surface area contributed by atoms with Crippen LogP contribution in [0.4, 0.5) is 4.79 Å². The summed E-state index contributed by atoms with van der Waals surface area (Å²) in [5.41, 5.74) is 0.867. The van der Waals surface area contributed by atoms with Gasteiger partial charge < -0.3 is 10.1 Å². The quantitative estimate of drug-likeness (QED) is 0.592. The van der Waals surface area contributed by atoms with Crippen LogP contribution < -0.4 is 5.32 Å². The number of hydroxylamine groups is 2. The number of nitrogens with one attached hydrogen (secondary N) is 1. The fraction of sp³-hybridized carbons (Fsp3) is 0.273. The van der Waals surface area contributed by atoms with Crippen LogP contribution in [0.1, 0.15) is 5.56 Å². The number of carbonyl (C=O) groups excluding carboxylic acids is 2. The Balaban J connectivity index is 1.73. The predicted molar refractivity (Wildman–Crippen MR) is 57.1 cm³/mol. The molecule has 1 aliphatic rings. The van der Waals surface area contributed by atoms with Gasteiger partial charge in [-0.05, 0) is 5.56 Å². The molecule has 90 valence electrons. The van der Waals surface area contributed by atoms with E-state index in [-0.39, 0.29) is 13.2 Å². The second-order valence-corrected chi connectivity index (χ2v) is 3.68. The molecular formula is C11H12N2O4. The third-order valence-electron chi connectivity index (χ3n) is 2.41. The van der Waals surface area contributed by atoms with Crippen molar-refractivity contribution in [3.8, 4) is 0 Å². The molecule has 0 saturated carbocycles. The zero-order valence-corrected chi connectivity index (χ0v) is 9.00. The Hall–Kier alpha value is -2.08. The van der Waals surface area contributed by atoms with Gasteiger partial charge in [0, 0.05) is 0 Å². The molecule has 0 aliphatic carbocycles. The SMILES string of the molecule is O=C(NC1CN(O)C1=O)OCc1ccccc1. The minimum absolute atomic E-state index is 0.0965. The van der Waals surface area contributed by atoms with E-state index in [0.29, 0.717) is 5.06 Å². The fourth-order valence-corrected chi connectivity index (χ4v) is 1.42. The number of β-lactam (4-membered cyclic amide) rings is 1. The number of carbonyl (C=O) groups is 2. The summed E-state index contributed by atoms with van der Waals surface area (Å²) in [5, 5.41) is 11.7. The smallest absolute Gasteiger partial charge is 0.408 e. The van der Waals surface area contributed by atoms with Gasteiger partial charge in [0.1, 0.15) is 12.6 Å². The van der Waals surface area contributed by atoms with Gasteiger partial charge in [0.05, 0.1) is 6.54 Å². The van der Waals surface area contributed by atoms with E-state index in [0.717, 1.165) is 5.56 Å². The van der Waals surface area contributed by atoms with Crippen LogP contribution in [-0.4, -0.2) is 34.9 Å². The number of rotatable bonds is 3. The van der Waals surface area contributed by atoms with Gasteiger partial charge in [-0.3, -0.25) is 10.0 Å². The summed E-state index contributed by atoms with van der Waals surface area (Å²) in [6, 6.07) is 8.54. The second-order valence-electron chi connectivity index (χ2n) is 3.68. The minimum Gasteiger partial charge on any atom is -0.445 e. The monoisotopic (exact) mass is 236 g/mol. The molecule has 1 aromatic rings. The Morgan fingerprint density at radius 3 is 2.76 bits per heavy atom. The van der Waals surface area contributed by atoms with Gasteiger partial charge in [0.25, 0.3) is 5.91 Å². The molecule has 6 heteroatoms. The lowest BCUT2D eigenvalue weighted by atomic mass is 10.1. The van der Waals surface area contributed by atoms with Crippen LogP contribution in [0.5, 0.6) is 0 Å². The highest BCUT2D eigenvalue weighted by Gasteiger charge is 2.37. The van der Waals surface area contributed by atoms with Crippen LogP contribution >= 0.6 is 0 Å². The van der Waals surface area contributed by atoms with E-state index in [2.05, 4.69) is 5.32 Å². The van der Waals surface area contributed by atoms with Crippen molar-refractivity contribution in [2.75, 3.05) is 6.54 Å². The average molecular weight is 236 g/mol. The Bertz CT molecular complexity index is 421. The molecule has 0 aromatic heterocycles. The number of alkyl carbamates (subject to hydrolysis) is 1. The zero-order valence-electron chi connectivity index (χ0n) is 9.00. The summed E-state index contributed by atoms with van der Waals surface area (Å²) < 4.78 is 4.92. The summed E-state index contributed by atoms with van der Waals surface area (Å²) in [4.78, 5) is 22.3. The molecule has 1 saturated heterocycles. The van der Waals surface area contributed by atoms with Gasteiger partial charge in [-0.15, -0.1) is 0 Å². The van der Waals surface area contributed by atoms with E-state index < -0.39 is 18.0 Å². The summed E-state index contributed by atoms with van der Waals surface area (Å²) >= 11 is 0. The lowest BCUT2D eigenvalue weighted by Crippen LogP contribution is -2.62. The summed E-state index contributed by atoms with van der Waals surface area (Å²) in [5.74, 6) is -0.526. The highest BCUT2D eigenvalue weighted by Crippen LogP contribution is 2.07. The normalized spacial score (nSPS) is 18.5. The molecule has 0 spiro atoms. The maximum atomic E-state index is 11.3. The third-order valence-corrected chi connectivity index (χ3v) is 2.41. The second kappa shape index (κ2) is 4.84. The van der Waals surface area contributed by atoms with Crippen molar-refractivity contribution in [2.45, 2.75) is 12.6 Å².